The zero-order valence-corrected chi connectivity index (χ0v) is 14.5. The van der Waals surface area contributed by atoms with Crippen LogP contribution in [0.1, 0.15) is 40.0 Å². The van der Waals surface area contributed by atoms with Gasteiger partial charge in [-0.3, -0.25) is 4.79 Å². The number of carbonyl (C=O) groups is 2. The predicted octanol–water partition coefficient (Wildman–Crippen LogP) is 1.94. The average Bonchev–Trinajstić information content (AvgIpc) is 2.79. The average molecular weight is 295 g/mol. The van der Waals surface area contributed by atoms with Crippen molar-refractivity contribution in [1.82, 2.24) is 4.90 Å². The maximum atomic E-state index is 11.9. The third-order valence-electron chi connectivity index (χ3n) is 5.52. The van der Waals surface area contributed by atoms with E-state index >= 15 is 0 Å². The van der Waals surface area contributed by atoms with E-state index in [1.54, 1.807) is 12.7 Å². The molecule has 3 atom stereocenters. The number of amides is 1. The predicted molar refractivity (Wildman–Crippen MR) is 84.3 cm³/mol. The van der Waals surface area contributed by atoms with Crippen molar-refractivity contribution in [3.05, 3.63) is 0 Å². The number of nitrogens with zero attached hydrogens (tertiary/aromatic N) is 1. The first-order valence-electron chi connectivity index (χ1n) is 7.49. The Morgan fingerprint density at radius 3 is 2.50 bits per heavy atom. The zero-order chi connectivity index (χ0) is 15.3. The van der Waals surface area contributed by atoms with E-state index in [1.165, 1.54) is 0 Å². The molecule has 112 valence electrons. The first-order chi connectivity index (χ1) is 9.05. The van der Waals surface area contributed by atoms with Crippen molar-refractivity contribution in [2.45, 2.75) is 75.9 Å². The number of aldehydes is 1. The molecular weight excluding hydrogens is 269 g/mol. The largest absolute Gasteiger partial charge is 0.411 e. The van der Waals surface area contributed by atoms with E-state index in [0.29, 0.717) is 0 Å². The Balaban J connectivity index is 2.27. The molecule has 0 radical (unpaired) electrons. The molecule has 2 aliphatic heterocycles. The monoisotopic (exact) mass is 295 g/mol. The maximum absolute atomic E-state index is 11.9. The van der Waals surface area contributed by atoms with Crippen LogP contribution in [-0.4, -0.2) is 50.8 Å². The smallest absolute Gasteiger partial charge is 0.216 e. The van der Waals surface area contributed by atoms with Crippen LogP contribution in [0.2, 0.25) is 18.1 Å². The van der Waals surface area contributed by atoms with Gasteiger partial charge in [0.15, 0.2) is 14.1 Å². The molecular formula is C14H26BNO3Si. The lowest BCUT2D eigenvalue weighted by molar-refractivity contribution is -0.118. The second kappa shape index (κ2) is 4.70. The summed E-state index contributed by atoms with van der Waals surface area (Å²) in [6, 6.07) is 0.187. The summed E-state index contributed by atoms with van der Waals surface area (Å²) in [5.74, 6) is 0.000862. The lowest BCUT2D eigenvalue weighted by atomic mass is 9.86. The van der Waals surface area contributed by atoms with Gasteiger partial charge in [0.2, 0.25) is 7.85 Å². The highest BCUT2D eigenvalue weighted by atomic mass is 28.4. The van der Waals surface area contributed by atoms with Gasteiger partial charge in [-0.05, 0) is 37.4 Å². The molecule has 2 saturated heterocycles. The van der Waals surface area contributed by atoms with Crippen LogP contribution in [0.3, 0.4) is 0 Å². The molecule has 0 aromatic rings. The van der Waals surface area contributed by atoms with Crippen molar-refractivity contribution in [3.63, 3.8) is 0 Å². The fourth-order valence-electron chi connectivity index (χ4n) is 3.40. The minimum Gasteiger partial charge on any atom is -0.411 e. The number of hydrogen-bond acceptors (Lipinski definition) is 3. The first kappa shape index (κ1) is 15.8. The number of rotatable bonds is 3. The Labute approximate surface area is 123 Å². The molecule has 2 rings (SSSR count). The molecule has 0 aromatic carbocycles. The molecule has 6 heteroatoms. The molecule has 3 unspecified atom stereocenters. The Hall–Kier alpha value is -0.618. The van der Waals surface area contributed by atoms with E-state index in [-0.39, 0.29) is 23.0 Å². The summed E-state index contributed by atoms with van der Waals surface area (Å²) in [4.78, 5) is 25.5. The highest BCUT2D eigenvalue weighted by molar-refractivity contribution is 6.74. The summed E-state index contributed by atoms with van der Waals surface area (Å²) in [7, 11) is -0.371. The van der Waals surface area contributed by atoms with Gasteiger partial charge in [-0.1, -0.05) is 20.8 Å². The summed E-state index contributed by atoms with van der Waals surface area (Å²) in [5.41, 5.74) is -0.702. The lowest BCUT2D eigenvalue weighted by Crippen LogP contribution is -2.56. The van der Waals surface area contributed by atoms with Crippen LogP contribution in [-0.2, 0) is 9.22 Å². The van der Waals surface area contributed by atoms with Gasteiger partial charge in [-0.2, -0.15) is 0 Å². The summed E-state index contributed by atoms with van der Waals surface area (Å²) < 4.78 is 6.49. The minimum absolute atomic E-state index is 0.000862. The molecule has 1 amide bonds. The van der Waals surface area contributed by atoms with E-state index in [9.17, 15) is 9.59 Å². The van der Waals surface area contributed by atoms with E-state index in [4.69, 9.17) is 4.43 Å². The van der Waals surface area contributed by atoms with E-state index in [2.05, 4.69) is 33.9 Å². The van der Waals surface area contributed by atoms with Crippen molar-refractivity contribution < 1.29 is 14.0 Å². The van der Waals surface area contributed by atoms with Gasteiger partial charge in [0, 0.05) is 6.04 Å². The molecule has 20 heavy (non-hydrogen) atoms. The second-order valence-electron chi connectivity index (χ2n) is 7.79. The molecule has 4 nitrogen and oxygen atoms in total. The number of fused-ring (bicyclic) bond motifs is 2. The summed E-state index contributed by atoms with van der Waals surface area (Å²) in [5, 5.41) is 0.111. The van der Waals surface area contributed by atoms with Crippen LogP contribution in [0.4, 0.5) is 4.79 Å². The highest BCUT2D eigenvalue weighted by Gasteiger charge is 2.61. The second-order valence-corrected chi connectivity index (χ2v) is 12.5. The highest BCUT2D eigenvalue weighted by Crippen LogP contribution is 2.49. The molecule has 0 spiro atoms. The van der Waals surface area contributed by atoms with Crippen molar-refractivity contribution in [3.8, 4) is 0 Å². The normalized spacial score (nSPS) is 33.5. The Kier molecular flexibility index (Phi) is 3.70. The lowest BCUT2D eigenvalue weighted by Gasteiger charge is -2.43. The fraction of sp³-hybridized carbons (Fsp3) is 0.857. The standard InChI is InChI=1S/C14H26BNO3Si/c1-13(2,3)20(4,5)19-11-8-10-6-7-14(11,9-17)16(10)12(15)18/h9-11H,6-8,15H2,1-5H3. The summed E-state index contributed by atoms with van der Waals surface area (Å²) in [6.45, 7) is 11.0. The van der Waals surface area contributed by atoms with Crippen molar-refractivity contribution in [2.24, 2.45) is 0 Å². The van der Waals surface area contributed by atoms with Crippen LogP contribution >= 0.6 is 0 Å². The van der Waals surface area contributed by atoms with Crippen LogP contribution in [0.15, 0.2) is 0 Å². The van der Waals surface area contributed by atoms with Crippen molar-refractivity contribution in [1.29, 1.82) is 0 Å². The van der Waals surface area contributed by atoms with Gasteiger partial charge in [0.1, 0.15) is 11.8 Å². The third-order valence-corrected chi connectivity index (χ3v) is 10.0. The van der Waals surface area contributed by atoms with Crippen LogP contribution in [0, 0.1) is 0 Å². The quantitative estimate of drug-likeness (QED) is 0.590. The topological polar surface area (TPSA) is 46.6 Å². The molecule has 2 aliphatic rings. The van der Waals surface area contributed by atoms with E-state index in [1.807, 2.05) is 0 Å². The van der Waals surface area contributed by atoms with E-state index < -0.39 is 13.9 Å². The minimum atomic E-state index is -1.93. The number of carbonyl (C=O) groups excluding carboxylic acids is 2. The zero-order valence-electron chi connectivity index (χ0n) is 13.5. The first-order valence-corrected chi connectivity index (χ1v) is 10.4. The van der Waals surface area contributed by atoms with Gasteiger partial charge in [0.25, 0.3) is 0 Å². The van der Waals surface area contributed by atoms with Gasteiger partial charge in [-0.15, -0.1) is 0 Å². The molecule has 0 N–H and O–H groups in total. The summed E-state index contributed by atoms with van der Waals surface area (Å²) in [6.07, 6.45) is 3.34. The number of hydrogen-bond donors (Lipinski definition) is 0. The van der Waals surface area contributed by atoms with Crippen LogP contribution in [0.25, 0.3) is 0 Å². The van der Waals surface area contributed by atoms with E-state index in [0.717, 1.165) is 25.5 Å². The SMILES string of the molecule is BC(=O)N1C2CCC1(C=O)C(O[Si](C)(C)C(C)(C)C)C2. The van der Waals surface area contributed by atoms with Crippen LogP contribution in [0.5, 0.6) is 0 Å². The molecule has 2 fully saturated rings. The van der Waals surface area contributed by atoms with Gasteiger partial charge < -0.3 is 14.1 Å². The van der Waals surface area contributed by atoms with Gasteiger partial charge in [-0.25, -0.2) is 0 Å². The molecule has 0 saturated carbocycles. The Morgan fingerprint density at radius 1 is 1.45 bits per heavy atom. The molecule has 0 aromatic heterocycles. The Bertz CT molecular complexity index is 435. The maximum Gasteiger partial charge on any atom is 0.216 e. The summed E-state index contributed by atoms with van der Waals surface area (Å²) >= 11 is 0. The third kappa shape index (κ3) is 2.17. The fourth-order valence-corrected chi connectivity index (χ4v) is 4.77. The molecule has 2 bridgehead atoms. The van der Waals surface area contributed by atoms with Crippen molar-refractivity contribution >= 4 is 28.3 Å². The van der Waals surface area contributed by atoms with Crippen LogP contribution < -0.4 is 0 Å². The van der Waals surface area contributed by atoms with Gasteiger partial charge >= 0.3 is 0 Å². The molecule has 2 heterocycles. The Morgan fingerprint density at radius 2 is 2.05 bits per heavy atom. The molecule has 0 aliphatic carbocycles. The van der Waals surface area contributed by atoms with Gasteiger partial charge in [0.05, 0.1) is 6.10 Å². The van der Waals surface area contributed by atoms with Crippen molar-refractivity contribution in [2.75, 3.05) is 0 Å².